The lowest BCUT2D eigenvalue weighted by molar-refractivity contribution is -0.119. The van der Waals surface area contributed by atoms with Crippen molar-refractivity contribution in [1.29, 1.82) is 0 Å². The first kappa shape index (κ1) is 20.7. The number of carbonyl (C=O) groups is 1. The number of hydrogen-bond donors (Lipinski definition) is 1. The van der Waals surface area contributed by atoms with Crippen molar-refractivity contribution in [2.24, 2.45) is 5.92 Å². The molecule has 1 N–H and O–H groups in total. The second-order valence-corrected chi connectivity index (χ2v) is 9.05. The minimum atomic E-state index is -0.117. The molecule has 1 aromatic heterocycles. The maximum Gasteiger partial charge on any atom is 0.266 e. The molecule has 1 heterocycles. The number of benzene rings is 2. The molecular weight excluding hydrogens is 394 g/mol. The molecule has 5 nitrogen and oxygen atoms in total. The molecule has 4 rings (SSSR count). The van der Waals surface area contributed by atoms with Gasteiger partial charge in [0, 0.05) is 6.04 Å². The lowest BCUT2D eigenvalue weighted by Gasteiger charge is -2.29. The fourth-order valence-electron chi connectivity index (χ4n) is 4.04. The number of hydrogen-bond acceptors (Lipinski definition) is 4. The van der Waals surface area contributed by atoms with Crippen LogP contribution in [0.15, 0.2) is 58.5 Å². The summed E-state index contributed by atoms with van der Waals surface area (Å²) in [5.41, 5.74) is 2.41. The topological polar surface area (TPSA) is 64.0 Å². The number of aromatic nitrogens is 2. The van der Waals surface area contributed by atoms with Gasteiger partial charge < -0.3 is 5.32 Å². The summed E-state index contributed by atoms with van der Waals surface area (Å²) in [5.74, 6) is 0.744. The van der Waals surface area contributed by atoms with E-state index in [1.807, 2.05) is 49.4 Å². The fourth-order valence-corrected chi connectivity index (χ4v) is 4.86. The maximum atomic E-state index is 13.2. The number of rotatable bonds is 5. The van der Waals surface area contributed by atoms with E-state index in [4.69, 9.17) is 4.98 Å². The van der Waals surface area contributed by atoms with Crippen molar-refractivity contribution in [2.75, 3.05) is 5.75 Å². The highest BCUT2D eigenvalue weighted by atomic mass is 32.2. The predicted molar refractivity (Wildman–Crippen MR) is 122 cm³/mol. The molecule has 0 saturated heterocycles. The first-order chi connectivity index (χ1) is 14.5. The second-order valence-electron chi connectivity index (χ2n) is 8.11. The second kappa shape index (κ2) is 9.04. The zero-order valence-electron chi connectivity index (χ0n) is 17.4. The van der Waals surface area contributed by atoms with Crippen molar-refractivity contribution >= 4 is 28.6 Å². The Hall–Kier alpha value is -2.60. The molecule has 6 heteroatoms. The van der Waals surface area contributed by atoms with Crippen molar-refractivity contribution in [1.82, 2.24) is 14.9 Å². The van der Waals surface area contributed by atoms with Crippen molar-refractivity contribution < 1.29 is 4.79 Å². The molecule has 3 aromatic rings. The molecule has 1 amide bonds. The molecule has 0 radical (unpaired) electrons. The molecule has 1 fully saturated rings. The predicted octanol–water partition coefficient (Wildman–Crippen LogP) is 4.48. The van der Waals surface area contributed by atoms with Gasteiger partial charge in [0.05, 0.1) is 22.3 Å². The van der Waals surface area contributed by atoms with Crippen LogP contribution in [0.3, 0.4) is 0 Å². The SMILES string of the molecule is Cc1ccc(-n2c(SCC(=O)N[C@H]3CCCC[C@H]3C)nc3ccccc3c2=O)cc1. The third-order valence-electron chi connectivity index (χ3n) is 5.83. The zero-order valence-corrected chi connectivity index (χ0v) is 18.2. The molecule has 0 aliphatic heterocycles. The fraction of sp³-hybridized carbons (Fsp3) is 0.375. The Balaban J connectivity index is 1.62. The Labute approximate surface area is 180 Å². The molecular formula is C24H27N3O2S. The molecule has 0 unspecified atom stereocenters. The van der Waals surface area contributed by atoms with Crippen LogP contribution in [0, 0.1) is 12.8 Å². The minimum Gasteiger partial charge on any atom is -0.352 e. The van der Waals surface area contributed by atoms with Gasteiger partial charge in [-0.2, -0.15) is 0 Å². The molecule has 1 aliphatic carbocycles. The summed E-state index contributed by atoms with van der Waals surface area (Å²) >= 11 is 1.31. The Kier molecular flexibility index (Phi) is 6.23. The van der Waals surface area contributed by atoms with Crippen molar-refractivity contribution in [3.63, 3.8) is 0 Å². The third-order valence-corrected chi connectivity index (χ3v) is 6.77. The van der Waals surface area contributed by atoms with Gasteiger partial charge in [0.25, 0.3) is 5.56 Å². The number of nitrogens with zero attached hydrogens (tertiary/aromatic N) is 2. The van der Waals surface area contributed by atoms with Crippen LogP contribution in [0.2, 0.25) is 0 Å². The monoisotopic (exact) mass is 421 g/mol. The quantitative estimate of drug-likeness (QED) is 0.487. The normalized spacial score (nSPS) is 19.0. The summed E-state index contributed by atoms with van der Waals surface area (Å²) in [4.78, 5) is 30.6. The number of carbonyl (C=O) groups excluding carboxylic acids is 1. The first-order valence-electron chi connectivity index (χ1n) is 10.5. The zero-order chi connectivity index (χ0) is 21.1. The van der Waals surface area contributed by atoms with Crippen molar-refractivity contribution in [3.8, 4) is 5.69 Å². The van der Waals surface area contributed by atoms with E-state index in [0.29, 0.717) is 22.0 Å². The number of fused-ring (bicyclic) bond motifs is 1. The van der Waals surface area contributed by atoms with Crippen LogP contribution in [0.5, 0.6) is 0 Å². The Morgan fingerprint density at radius 1 is 1.13 bits per heavy atom. The van der Waals surface area contributed by atoms with Gasteiger partial charge in [0.1, 0.15) is 0 Å². The number of para-hydroxylation sites is 1. The Morgan fingerprint density at radius 2 is 1.87 bits per heavy atom. The number of thioether (sulfide) groups is 1. The van der Waals surface area contributed by atoms with Crippen LogP contribution in [0.1, 0.15) is 38.2 Å². The third kappa shape index (κ3) is 4.43. The molecule has 1 aliphatic rings. The van der Waals surface area contributed by atoms with E-state index in [9.17, 15) is 9.59 Å². The van der Waals surface area contributed by atoms with Gasteiger partial charge in [-0.25, -0.2) is 4.98 Å². The standard InChI is InChI=1S/C24H27N3O2S/c1-16-11-13-18(14-12-16)27-23(29)19-8-4-6-10-21(19)26-24(27)30-15-22(28)25-20-9-5-3-7-17(20)2/h4,6,8,10-14,17,20H,3,5,7,9,15H2,1-2H3,(H,25,28)/t17-,20+/m1/s1. The molecule has 0 spiro atoms. The Morgan fingerprint density at radius 3 is 2.63 bits per heavy atom. The summed E-state index contributed by atoms with van der Waals surface area (Å²) in [6.07, 6.45) is 4.62. The summed E-state index contributed by atoms with van der Waals surface area (Å²) in [6, 6.07) is 15.4. The van der Waals surface area contributed by atoms with Crippen LogP contribution in [0.4, 0.5) is 0 Å². The summed E-state index contributed by atoms with van der Waals surface area (Å²) < 4.78 is 1.61. The lowest BCUT2D eigenvalue weighted by atomic mass is 9.86. The average Bonchev–Trinajstić information content (AvgIpc) is 2.75. The Bertz CT molecular complexity index is 1110. The smallest absolute Gasteiger partial charge is 0.266 e. The summed E-state index contributed by atoms with van der Waals surface area (Å²) in [5, 5.41) is 4.29. The van der Waals surface area contributed by atoms with E-state index in [0.717, 1.165) is 24.1 Å². The molecule has 0 bridgehead atoms. The van der Waals surface area contributed by atoms with Crippen LogP contribution in [-0.4, -0.2) is 27.3 Å². The van der Waals surface area contributed by atoms with Gasteiger partial charge >= 0.3 is 0 Å². The largest absolute Gasteiger partial charge is 0.352 e. The van der Waals surface area contributed by atoms with Gasteiger partial charge in [-0.3, -0.25) is 14.2 Å². The van der Waals surface area contributed by atoms with Gasteiger partial charge in [0.15, 0.2) is 5.16 Å². The highest BCUT2D eigenvalue weighted by molar-refractivity contribution is 7.99. The van der Waals surface area contributed by atoms with E-state index in [1.54, 1.807) is 10.6 Å². The molecule has 1 saturated carbocycles. The highest BCUT2D eigenvalue weighted by Crippen LogP contribution is 2.25. The summed E-state index contributed by atoms with van der Waals surface area (Å²) in [6.45, 7) is 4.22. The van der Waals surface area contributed by atoms with Crippen LogP contribution >= 0.6 is 11.8 Å². The van der Waals surface area contributed by atoms with Crippen LogP contribution in [0.25, 0.3) is 16.6 Å². The van der Waals surface area contributed by atoms with E-state index in [2.05, 4.69) is 12.2 Å². The average molecular weight is 422 g/mol. The van der Waals surface area contributed by atoms with Gasteiger partial charge in [-0.1, -0.05) is 61.4 Å². The summed E-state index contributed by atoms with van der Waals surface area (Å²) in [7, 11) is 0. The van der Waals surface area contributed by atoms with E-state index >= 15 is 0 Å². The maximum absolute atomic E-state index is 13.2. The van der Waals surface area contributed by atoms with Gasteiger partial charge in [-0.15, -0.1) is 0 Å². The van der Waals surface area contributed by atoms with Crippen molar-refractivity contribution in [2.45, 2.75) is 50.7 Å². The molecule has 2 atom stereocenters. The van der Waals surface area contributed by atoms with E-state index < -0.39 is 0 Å². The minimum absolute atomic E-state index is 0.00314. The molecule has 30 heavy (non-hydrogen) atoms. The lowest BCUT2D eigenvalue weighted by Crippen LogP contribution is -2.41. The first-order valence-corrected chi connectivity index (χ1v) is 11.5. The van der Waals surface area contributed by atoms with Crippen LogP contribution < -0.4 is 10.9 Å². The van der Waals surface area contributed by atoms with Gasteiger partial charge in [0.2, 0.25) is 5.91 Å². The van der Waals surface area contributed by atoms with Crippen LogP contribution in [-0.2, 0) is 4.79 Å². The van der Waals surface area contributed by atoms with Crippen molar-refractivity contribution in [3.05, 3.63) is 64.4 Å². The van der Waals surface area contributed by atoms with E-state index in [1.165, 1.54) is 24.6 Å². The van der Waals surface area contributed by atoms with E-state index in [-0.39, 0.29) is 23.3 Å². The molecule has 156 valence electrons. The highest BCUT2D eigenvalue weighted by Gasteiger charge is 2.23. The number of amides is 1. The van der Waals surface area contributed by atoms with Gasteiger partial charge in [-0.05, 0) is 49.9 Å². The number of nitrogens with one attached hydrogen (secondary N) is 1. The number of aryl methyl sites for hydroxylation is 1. The molecule has 2 aromatic carbocycles.